The van der Waals surface area contributed by atoms with Crippen LogP contribution in [0.15, 0.2) is 24.3 Å². The molecule has 1 aromatic rings. The van der Waals surface area contributed by atoms with E-state index >= 15 is 0 Å². The lowest BCUT2D eigenvalue weighted by Gasteiger charge is -2.41. The van der Waals surface area contributed by atoms with Crippen LogP contribution in [0.4, 0.5) is 0 Å². The maximum Gasteiger partial charge on any atom is 0.313 e. The molecular weight excluding hydrogens is 322 g/mol. The summed E-state index contributed by atoms with van der Waals surface area (Å²) >= 11 is 0. The van der Waals surface area contributed by atoms with Crippen molar-refractivity contribution in [1.29, 1.82) is 0 Å². The fourth-order valence-corrected chi connectivity index (χ4v) is 4.00. The Morgan fingerprint density at radius 2 is 1.92 bits per heavy atom. The number of hydrogen-bond donors (Lipinski definition) is 1. The number of carbonyl (C=O) groups is 2. The van der Waals surface area contributed by atoms with Crippen molar-refractivity contribution in [2.24, 2.45) is 5.41 Å². The predicted octanol–water partition coefficient (Wildman–Crippen LogP) is 2.07. The van der Waals surface area contributed by atoms with Gasteiger partial charge in [-0.05, 0) is 31.7 Å². The van der Waals surface area contributed by atoms with Crippen LogP contribution in [0.3, 0.4) is 0 Å². The monoisotopic (exact) mass is 347 g/mol. The largest absolute Gasteiger partial charge is 0.496 e. The summed E-state index contributed by atoms with van der Waals surface area (Å²) in [7, 11) is 3.11. The molecule has 25 heavy (non-hydrogen) atoms. The van der Waals surface area contributed by atoms with E-state index in [0.717, 1.165) is 18.4 Å². The summed E-state index contributed by atoms with van der Waals surface area (Å²) in [5, 5.41) is 9.70. The quantitative estimate of drug-likeness (QED) is 0.852. The van der Waals surface area contributed by atoms with E-state index in [1.165, 1.54) is 7.11 Å². The molecule has 1 heterocycles. The smallest absolute Gasteiger partial charge is 0.313 e. The van der Waals surface area contributed by atoms with Gasteiger partial charge in [-0.2, -0.15) is 0 Å². The average molecular weight is 347 g/mol. The van der Waals surface area contributed by atoms with Crippen LogP contribution in [0.5, 0.6) is 5.75 Å². The maximum atomic E-state index is 13.3. The number of carboxylic acids is 1. The fourth-order valence-electron chi connectivity index (χ4n) is 4.00. The standard InChI is InChI=1S/C19H25NO5/c1-24-13-18(17(22)23)8-5-11-20(12-18)16(21)19(9-10-19)14-6-3-4-7-15(14)25-2/h3-4,6-7H,5,8-13H2,1-2H3,(H,22,23). The third kappa shape index (κ3) is 2.99. The number of methoxy groups -OCH3 is 2. The Kier molecular flexibility index (Phi) is 4.73. The van der Waals surface area contributed by atoms with Crippen LogP contribution in [0.25, 0.3) is 0 Å². The molecule has 2 aliphatic rings. The van der Waals surface area contributed by atoms with E-state index in [-0.39, 0.29) is 19.1 Å². The minimum Gasteiger partial charge on any atom is -0.496 e. The second-order valence-electron chi connectivity index (χ2n) is 7.13. The summed E-state index contributed by atoms with van der Waals surface area (Å²) < 4.78 is 10.6. The zero-order valence-corrected chi connectivity index (χ0v) is 14.8. The van der Waals surface area contributed by atoms with Crippen molar-refractivity contribution in [3.8, 4) is 5.75 Å². The number of hydrogen-bond acceptors (Lipinski definition) is 4. The summed E-state index contributed by atoms with van der Waals surface area (Å²) in [6.07, 6.45) is 2.74. The van der Waals surface area contributed by atoms with Gasteiger partial charge in [-0.25, -0.2) is 0 Å². The molecule has 136 valence electrons. The highest BCUT2D eigenvalue weighted by Gasteiger charge is 2.56. The molecule has 1 unspecified atom stereocenters. The lowest BCUT2D eigenvalue weighted by atomic mass is 9.79. The van der Waals surface area contributed by atoms with Crippen molar-refractivity contribution >= 4 is 11.9 Å². The van der Waals surface area contributed by atoms with E-state index in [0.29, 0.717) is 25.1 Å². The zero-order valence-electron chi connectivity index (χ0n) is 14.8. The Labute approximate surface area is 147 Å². The van der Waals surface area contributed by atoms with Gasteiger partial charge in [0.15, 0.2) is 0 Å². The molecule has 1 aliphatic heterocycles. The molecule has 0 aromatic heterocycles. The topological polar surface area (TPSA) is 76.1 Å². The summed E-state index contributed by atoms with van der Waals surface area (Å²) in [4.78, 5) is 26.9. The molecule has 1 aliphatic carbocycles. The first-order chi connectivity index (χ1) is 12.0. The van der Waals surface area contributed by atoms with E-state index in [4.69, 9.17) is 9.47 Å². The highest BCUT2D eigenvalue weighted by atomic mass is 16.5. The van der Waals surface area contributed by atoms with Crippen LogP contribution >= 0.6 is 0 Å². The Balaban J connectivity index is 1.86. The predicted molar refractivity (Wildman–Crippen MR) is 91.7 cm³/mol. The van der Waals surface area contributed by atoms with E-state index in [9.17, 15) is 14.7 Å². The summed E-state index contributed by atoms with van der Waals surface area (Å²) in [5.74, 6) is -0.167. The highest BCUT2D eigenvalue weighted by Crippen LogP contribution is 2.53. The lowest BCUT2D eigenvalue weighted by Crippen LogP contribution is -2.54. The molecule has 1 atom stereocenters. The van der Waals surface area contributed by atoms with Gasteiger partial charge in [-0.3, -0.25) is 9.59 Å². The SMILES string of the molecule is COCC1(C(=O)O)CCCN(C(=O)C2(c3ccccc3OC)CC2)C1. The maximum absolute atomic E-state index is 13.3. The minimum atomic E-state index is -1.01. The molecular formula is C19H25NO5. The van der Waals surface area contributed by atoms with Gasteiger partial charge in [0.2, 0.25) is 5.91 Å². The van der Waals surface area contributed by atoms with Gasteiger partial charge >= 0.3 is 5.97 Å². The number of aliphatic carboxylic acids is 1. The van der Waals surface area contributed by atoms with Gasteiger partial charge in [0.05, 0.1) is 19.1 Å². The number of carbonyl (C=O) groups excluding carboxylic acids is 1. The van der Waals surface area contributed by atoms with Gasteiger partial charge in [-0.15, -0.1) is 0 Å². The van der Waals surface area contributed by atoms with Crippen molar-refractivity contribution in [3.63, 3.8) is 0 Å². The van der Waals surface area contributed by atoms with Gasteiger partial charge in [0, 0.05) is 25.8 Å². The average Bonchev–Trinajstić information content (AvgIpc) is 3.43. The lowest BCUT2D eigenvalue weighted by molar-refractivity contribution is -0.159. The molecule has 0 spiro atoms. The molecule has 3 rings (SSSR count). The molecule has 6 nitrogen and oxygen atoms in total. The molecule has 6 heteroatoms. The molecule has 1 saturated carbocycles. The number of piperidine rings is 1. The molecule has 1 saturated heterocycles. The normalized spacial score (nSPS) is 24.6. The highest BCUT2D eigenvalue weighted by molar-refractivity contribution is 5.92. The molecule has 1 amide bonds. The first-order valence-electron chi connectivity index (χ1n) is 8.64. The molecule has 0 bridgehead atoms. The van der Waals surface area contributed by atoms with Crippen LogP contribution in [0, 0.1) is 5.41 Å². The number of amides is 1. The van der Waals surface area contributed by atoms with Crippen molar-refractivity contribution in [3.05, 3.63) is 29.8 Å². The number of rotatable bonds is 6. The van der Waals surface area contributed by atoms with Crippen LogP contribution in [0.1, 0.15) is 31.2 Å². The van der Waals surface area contributed by atoms with Gasteiger partial charge in [-0.1, -0.05) is 18.2 Å². The Hall–Kier alpha value is -2.08. The molecule has 1 N–H and O–H groups in total. The summed E-state index contributed by atoms with van der Waals surface area (Å²) in [6.45, 7) is 0.911. The molecule has 0 radical (unpaired) electrons. The first kappa shape index (κ1) is 17.7. The number of likely N-dealkylation sites (tertiary alicyclic amines) is 1. The third-order valence-corrected chi connectivity index (χ3v) is 5.52. The summed E-state index contributed by atoms with van der Waals surface area (Å²) in [5.41, 5.74) is -0.679. The first-order valence-corrected chi connectivity index (χ1v) is 8.64. The van der Waals surface area contributed by atoms with Crippen LogP contribution in [-0.4, -0.2) is 55.8 Å². The van der Waals surface area contributed by atoms with Gasteiger partial charge < -0.3 is 19.5 Å². The van der Waals surface area contributed by atoms with Gasteiger partial charge in [0.25, 0.3) is 0 Å². The van der Waals surface area contributed by atoms with E-state index in [1.54, 1.807) is 12.0 Å². The Morgan fingerprint density at radius 3 is 2.52 bits per heavy atom. The minimum absolute atomic E-state index is 0.0124. The van der Waals surface area contributed by atoms with E-state index < -0.39 is 16.8 Å². The van der Waals surface area contributed by atoms with E-state index in [1.807, 2.05) is 24.3 Å². The van der Waals surface area contributed by atoms with E-state index in [2.05, 4.69) is 0 Å². The Bertz CT molecular complexity index is 666. The van der Waals surface area contributed by atoms with Crippen molar-refractivity contribution in [1.82, 2.24) is 4.90 Å². The molecule has 1 aromatic carbocycles. The third-order valence-electron chi connectivity index (χ3n) is 5.52. The number of nitrogens with zero attached hydrogens (tertiary/aromatic N) is 1. The van der Waals surface area contributed by atoms with Crippen LogP contribution in [-0.2, 0) is 19.7 Å². The second kappa shape index (κ2) is 6.67. The number of para-hydroxylation sites is 1. The Morgan fingerprint density at radius 1 is 1.20 bits per heavy atom. The zero-order chi connectivity index (χ0) is 18.1. The fraction of sp³-hybridized carbons (Fsp3) is 0.579. The number of carboxylic acid groups (broad SMARTS) is 1. The summed E-state index contributed by atoms with van der Waals surface area (Å²) in [6, 6.07) is 7.60. The van der Waals surface area contributed by atoms with Crippen LogP contribution in [0.2, 0.25) is 0 Å². The van der Waals surface area contributed by atoms with Crippen molar-refractivity contribution < 1.29 is 24.2 Å². The van der Waals surface area contributed by atoms with Crippen LogP contribution < -0.4 is 4.74 Å². The number of benzene rings is 1. The second-order valence-corrected chi connectivity index (χ2v) is 7.13. The van der Waals surface area contributed by atoms with Gasteiger partial charge in [0.1, 0.15) is 11.2 Å². The van der Waals surface area contributed by atoms with Crippen molar-refractivity contribution in [2.75, 3.05) is 33.9 Å². The van der Waals surface area contributed by atoms with Crippen molar-refractivity contribution in [2.45, 2.75) is 31.1 Å². The molecule has 2 fully saturated rings. The number of ether oxygens (including phenoxy) is 2.